The van der Waals surface area contributed by atoms with Gasteiger partial charge < -0.3 is 8.83 Å². The summed E-state index contributed by atoms with van der Waals surface area (Å²) in [5, 5.41) is 4.24. The SMILES string of the molecule is C/C=C(\I)c1nc2ccccc2n1-c1ccc2oc3ccc(-c4ccc5oc6ccc(-n7c(-c8ccccc8)nc8ccccc87)cc6c5c4)cc3c2c1. The van der Waals surface area contributed by atoms with Gasteiger partial charge in [0.25, 0.3) is 0 Å². The van der Waals surface area contributed by atoms with E-state index in [9.17, 15) is 0 Å². The molecule has 0 atom stereocenters. The molecule has 256 valence electrons. The molecule has 4 aromatic heterocycles. The Morgan fingerprint density at radius 1 is 0.500 bits per heavy atom. The minimum atomic E-state index is 0.847. The van der Waals surface area contributed by atoms with Gasteiger partial charge >= 0.3 is 0 Å². The number of nitrogens with zero attached hydrogens (tertiary/aromatic N) is 4. The number of furan rings is 2. The fourth-order valence-corrected chi connectivity index (χ4v) is 8.17. The molecule has 6 nitrogen and oxygen atoms in total. The predicted molar refractivity (Wildman–Crippen MR) is 229 cm³/mol. The number of rotatable bonds is 5. The second-order valence-corrected chi connectivity index (χ2v) is 14.7. The molecule has 0 radical (unpaired) electrons. The Labute approximate surface area is 322 Å². The molecule has 0 fully saturated rings. The molecule has 7 heteroatoms. The van der Waals surface area contributed by atoms with Crippen molar-refractivity contribution in [1.82, 2.24) is 19.1 Å². The first-order valence-electron chi connectivity index (χ1n) is 17.9. The molecule has 0 N–H and O–H groups in total. The Kier molecular flexibility index (Phi) is 6.94. The van der Waals surface area contributed by atoms with Crippen molar-refractivity contribution in [2.45, 2.75) is 6.92 Å². The first-order valence-corrected chi connectivity index (χ1v) is 19.0. The molecule has 0 spiro atoms. The van der Waals surface area contributed by atoms with Crippen LogP contribution in [0, 0.1) is 0 Å². The summed E-state index contributed by atoms with van der Waals surface area (Å²) in [4.78, 5) is 10.0. The summed E-state index contributed by atoms with van der Waals surface area (Å²) in [7, 11) is 0. The van der Waals surface area contributed by atoms with Crippen LogP contribution in [0.3, 0.4) is 0 Å². The van der Waals surface area contributed by atoms with E-state index in [0.717, 1.165) is 109 Å². The Balaban J connectivity index is 1.05. The maximum Gasteiger partial charge on any atom is 0.151 e. The van der Waals surface area contributed by atoms with E-state index in [2.05, 4.69) is 171 Å². The van der Waals surface area contributed by atoms with Crippen LogP contribution in [-0.2, 0) is 0 Å². The van der Waals surface area contributed by atoms with Crippen LogP contribution in [0.25, 0.3) is 103 Å². The Morgan fingerprint density at radius 2 is 0.981 bits per heavy atom. The van der Waals surface area contributed by atoms with E-state index in [1.165, 1.54) is 0 Å². The highest BCUT2D eigenvalue weighted by molar-refractivity contribution is 14.1. The maximum atomic E-state index is 6.40. The summed E-state index contributed by atoms with van der Waals surface area (Å²) in [6.07, 6.45) is 2.10. The van der Waals surface area contributed by atoms with E-state index < -0.39 is 0 Å². The molecular weight excluding hydrogens is 779 g/mol. The van der Waals surface area contributed by atoms with Crippen molar-refractivity contribution in [3.63, 3.8) is 0 Å². The van der Waals surface area contributed by atoms with Gasteiger partial charge in [-0.15, -0.1) is 0 Å². The molecule has 0 saturated heterocycles. The molecule has 7 aromatic carbocycles. The van der Waals surface area contributed by atoms with Gasteiger partial charge in [0, 0.05) is 38.5 Å². The highest BCUT2D eigenvalue weighted by Crippen LogP contribution is 2.39. The van der Waals surface area contributed by atoms with Crippen molar-refractivity contribution in [3.8, 4) is 33.9 Å². The highest BCUT2D eigenvalue weighted by Gasteiger charge is 2.19. The lowest BCUT2D eigenvalue weighted by atomic mass is 10.0. The number of para-hydroxylation sites is 4. The lowest BCUT2D eigenvalue weighted by Gasteiger charge is -2.10. The van der Waals surface area contributed by atoms with E-state index in [-0.39, 0.29) is 0 Å². The van der Waals surface area contributed by atoms with E-state index in [1.807, 2.05) is 25.1 Å². The molecule has 4 heterocycles. The van der Waals surface area contributed by atoms with Gasteiger partial charge in [0.2, 0.25) is 0 Å². The minimum Gasteiger partial charge on any atom is -0.456 e. The van der Waals surface area contributed by atoms with Crippen LogP contribution in [-0.4, -0.2) is 19.1 Å². The predicted octanol–water partition coefficient (Wildman–Crippen LogP) is 13.3. The molecule has 0 aliphatic carbocycles. The van der Waals surface area contributed by atoms with Crippen molar-refractivity contribution in [3.05, 3.63) is 164 Å². The van der Waals surface area contributed by atoms with Crippen LogP contribution in [0.4, 0.5) is 0 Å². The van der Waals surface area contributed by atoms with E-state index in [1.54, 1.807) is 0 Å². The fraction of sp³-hybridized carbons (Fsp3) is 0.0213. The normalized spacial score (nSPS) is 12.4. The van der Waals surface area contributed by atoms with Gasteiger partial charge in [-0.25, -0.2) is 9.97 Å². The number of allylic oxidation sites excluding steroid dienone is 1. The number of benzene rings is 7. The third kappa shape index (κ3) is 4.78. The molecule has 11 rings (SSSR count). The third-order valence-corrected chi connectivity index (χ3v) is 11.5. The van der Waals surface area contributed by atoms with Crippen LogP contribution in [0.5, 0.6) is 0 Å². The molecule has 11 aromatic rings. The lowest BCUT2D eigenvalue weighted by Crippen LogP contribution is -1.98. The van der Waals surface area contributed by atoms with Gasteiger partial charge in [-0.3, -0.25) is 9.13 Å². The second kappa shape index (κ2) is 12.0. The van der Waals surface area contributed by atoms with Crippen LogP contribution in [0.15, 0.2) is 167 Å². The van der Waals surface area contributed by atoms with Crippen molar-refractivity contribution in [1.29, 1.82) is 0 Å². The van der Waals surface area contributed by atoms with E-state index in [4.69, 9.17) is 18.8 Å². The van der Waals surface area contributed by atoms with Gasteiger partial charge in [-0.2, -0.15) is 0 Å². The molecule has 0 aliphatic rings. The van der Waals surface area contributed by atoms with Crippen LogP contribution >= 0.6 is 22.6 Å². The fourth-order valence-electron chi connectivity index (χ4n) is 7.81. The molecule has 0 saturated carbocycles. The Hall–Kier alpha value is -6.45. The maximum absolute atomic E-state index is 6.40. The summed E-state index contributed by atoms with van der Waals surface area (Å²) < 4.78 is 18.3. The van der Waals surface area contributed by atoms with Gasteiger partial charge in [-0.1, -0.05) is 72.8 Å². The average molecular weight is 809 g/mol. The largest absolute Gasteiger partial charge is 0.456 e. The van der Waals surface area contributed by atoms with Crippen LogP contribution in [0.2, 0.25) is 0 Å². The van der Waals surface area contributed by atoms with Crippen molar-refractivity contribution < 1.29 is 8.83 Å². The van der Waals surface area contributed by atoms with Gasteiger partial charge in [0.15, 0.2) is 5.82 Å². The van der Waals surface area contributed by atoms with E-state index in [0.29, 0.717) is 0 Å². The number of hydrogen-bond donors (Lipinski definition) is 0. The minimum absolute atomic E-state index is 0.847. The molecular formula is C47H29IN4O2. The summed E-state index contributed by atoms with van der Waals surface area (Å²) >= 11 is 2.37. The van der Waals surface area contributed by atoms with E-state index >= 15 is 0 Å². The van der Waals surface area contributed by atoms with Gasteiger partial charge in [0.1, 0.15) is 28.2 Å². The summed E-state index contributed by atoms with van der Waals surface area (Å²) in [6, 6.07) is 52.7. The average Bonchev–Trinajstić information content (AvgIpc) is 4.00. The standard InChI is InChI=1S/C47H29IN4O2/c1-2-37(48)47-50-39-13-7-9-15-41(39)52(47)32-19-23-45-36(27-32)34-25-30(17-21-43(34)54-45)29-16-20-42-33(24-29)35-26-31(18-22-44(35)53-42)51-40-14-8-6-12-38(40)49-46(51)28-10-4-3-5-11-28/h2-27H,1H3/b37-2-. The Morgan fingerprint density at radius 3 is 1.57 bits per heavy atom. The van der Waals surface area contributed by atoms with Crippen molar-refractivity contribution in [2.24, 2.45) is 0 Å². The number of imidazole rings is 2. The van der Waals surface area contributed by atoms with Crippen molar-refractivity contribution >= 4 is 92.1 Å². The zero-order valence-corrected chi connectivity index (χ0v) is 31.2. The van der Waals surface area contributed by atoms with Crippen LogP contribution in [0.1, 0.15) is 12.7 Å². The number of aromatic nitrogens is 4. The molecule has 0 amide bonds. The second-order valence-electron chi connectivity index (χ2n) is 13.5. The van der Waals surface area contributed by atoms with Gasteiger partial charge in [0.05, 0.1) is 25.6 Å². The smallest absolute Gasteiger partial charge is 0.151 e. The zero-order chi connectivity index (χ0) is 35.9. The zero-order valence-electron chi connectivity index (χ0n) is 29.0. The number of hydrogen-bond acceptors (Lipinski definition) is 4. The third-order valence-electron chi connectivity index (χ3n) is 10.4. The van der Waals surface area contributed by atoms with Crippen LogP contribution < -0.4 is 0 Å². The van der Waals surface area contributed by atoms with Gasteiger partial charge in [-0.05, 0) is 126 Å². The topological polar surface area (TPSA) is 61.9 Å². The summed E-state index contributed by atoms with van der Waals surface area (Å²) in [5.41, 5.74) is 12.8. The summed E-state index contributed by atoms with van der Waals surface area (Å²) in [6.45, 7) is 2.05. The quantitative estimate of drug-likeness (QED) is 0.163. The summed E-state index contributed by atoms with van der Waals surface area (Å²) in [5.74, 6) is 1.83. The number of fused-ring (bicyclic) bond motifs is 8. The number of halogens is 1. The lowest BCUT2D eigenvalue weighted by molar-refractivity contribution is 0.668. The monoisotopic (exact) mass is 808 g/mol. The highest BCUT2D eigenvalue weighted by atomic mass is 127. The first-order chi connectivity index (χ1) is 26.6. The van der Waals surface area contributed by atoms with Crippen molar-refractivity contribution in [2.75, 3.05) is 0 Å². The molecule has 0 aliphatic heterocycles. The molecule has 0 bridgehead atoms. The molecule has 54 heavy (non-hydrogen) atoms. The Bertz CT molecular complexity index is 3310. The first kappa shape index (κ1) is 31.1. The molecule has 0 unspecified atom stereocenters.